The minimum Gasteiger partial charge on any atom is -0.394 e. The second-order valence-electron chi connectivity index (χ2n) is 3.65. The summed E-state index contributed by atoms with van der Waals surface area (Å²) in [6.07, 6.45) is -5.86. The lowest BCUT2D eigenvalue weighted by Crippen LogP contribution is -2.34. The molecule has 0 aromatic carbocycles. The van der Waals surface area contributed by atoms with Gasteiger partial charge >= 0.3 is 5.69 Å². The van der Waals surface area contributed by atoms with Crippen molar-refractivity contribution in [2.24, 2.45) is 0 Å². The van der Waals surface area contributed by atoms with Crippen LogP contribution in [-0.2, 0) is 4.74 Å². The van der Waals surface area contributed by atoms with Crippen LogP contribution in [0.4, 0.5) is 8.78 Å². The van der Waals surface area contributed by atoms with Gasteiger partial charge in [0.1, 0.15) is 6.10 Å². The number of nitrogens with zero attached hydrogens (tertiary/aromatic N) is 1. The number of aromatic amines is 1. The molecule has 2 rings (SSSR count). The molecule has 1 saturated heterocycles. The van der Waals surface area contributed by atoms with E-state index in [4.69, 9.17) is 9.84 Å². The van der Waals surface area contributed by atoms with Crippen LogP contribution in [-0.4, -0.2) is 39.7 Å². The summed E-state index contributed by atoms with van der Waals surface area (Å²) < 4.78 is 32.4. The van der Waals surface area contributed by atoms with Gasteiger partial charge in [0.25, 0.3) is 5.56 Å². The lowest BCUT2D eigenvalue weighted by Gasteiger charge is -2.14. The summed E-state index contributed by atoms with van der Waals surface area (Å²) in [6.45, 7) is -0.684. The molecule has 1 aliphatic heterocycles. The van der Waals surface area contributed by atoms with Gasteiger partial charge in [-0.2, -0.15) is 0 Å². The largest absolute Gasteiger partial charge is 0.394 e. The highest BCUT2D eigenvalue weighted by molar-refractivity contribution is 4.93. The maximum absolute atomic E-state index is 13.5. The fourth-order valence-electron chi connectivity index (χ4n) is 1.68. The van der Waals surface area contributed by atoms with Crippen LogP contribution in [0.1, 0.15) is 6.23 Å². The van der Waals surface area contributed by atoms with Gasteiger partial charge in [-0.25, -0.2) is 13.6 Å². The highest BCUT2D eigenvalue weighted by Gasteiger charge is 2.46. The fraction of sp³-hybridized carbons (Fsp3) is 0.556. The van der Waals surface area contributed by atoms with Gasteiger partial charge in [-0.3, -0.25) is 14.3 Å². The molecule has 1 aromatic heterocycles. The first-order valence-corrected chi connectivity index (χ1v) is 4.90. The summed E-state index contributed by atoms with van der Waals surface area (Å²) in [7, 11) is 0. The van der Waals surface area contributed by atoms with E-state index in [2.05, 4.69) is 0 Å². The van der Waals surface area contributed by atoms with Crippen molar-refractivity contribution in [1.29, 1.82) is 0 Å². The summed E-state index contributed by atoms with van der Waals surface area (Å²) in [5, 5.41) is 8.76. The second-order valence-corrected chi connectivity index (χ2v) is 3.65. The molecule has 0 saturated carbocycles. The molecule has 94 valence electrons. The Kier molecular flexibility index (Phi) is 3.07. The number of ether oxygens (including phenoxy) is 1. The van der Waals surface area contributed by atoms with Crippen molar-refractivity contribution in [3.8, 4) is 0 Å². The second kappa shape index (κ2) is 4.38. The number of rotatable bonds is 2. The Morgan fingerprint density at radius 3 is 2.65 bits per heavy atom. The Balaban J connectivity index is 2.35. The fourth-order valence-corrected chi connectivity index (χ4v) is 1.68. The van der Waals surface area contributed by atoms with Crippen LogP contribution in [0.25, 0.3) is 0 Å². The highest BCUT2D eigenvalue weighted by Crippen LogP contribution is 2.32. The number of halogens is 2. The molecule has 0 aliphatic carbocycles. The average Bonchev–Trinajstić information content (AvgIpc) is 2.57. The maximum Gasteiger partial charge on any atom is 0.330 e. The molecule has 2 N–H and O–H groups in total. The number of H-pyrrole nitrogens is 1. The van der Waals surface area contributed by atoms with Gasteiger partial charge in [-0.05, 0) is 0 Å². The number of aliphatic hydroxyl groups excluding tert-OH is 1. The van der Waals surface area contributed by atoms with Crippen molar-refractivity contribution in [3.05, 3.63) is 33.1 Å². The molecule has 1 fully saturated rings. The van der Waals surface area contributed by atoms with Crippen molar-refractivity contribution < 1.29 is 18.6 Å². The molecule has 2 heterocycles. The molecule has 1 aliphatic rings. The maximum atomic E-state index is 13.5. The Hall–Kier alpha value is -1.54. The van der Waals surface area contributed by atoms with Gasteiger partial charge in [0.05, 0.1) is 6.61 Å². The summed E-state index contributed by atoms with van der Waals surface area (Å²) in [6, 6.07) is 0.997. The van der Waals surface area contributed by atoms with E-state index in [1.807, 2.05) is 4.98 Å². The smallest absolute Gasteiger partial charge is 0.330 e. The number of alkyl halides is 2. The molecule has 0 spiro atoms. The monoisotopic (exact) mass is 248 g/mol. The van der Waals surface area contributed by atoms with Crippen LogP contribution in [0, 0.1) is 0 Å². The first-order chi connectivity index (χ1) is 8.04. The van der Waals surface area contributed by atoms with Crippen LogP contribution >= 0.6 is 0 Å². The van der Waals surface area contributed by atoms with Crippen LogP contribution in [0.3, 0.4) is 0 Å². The van der Waals surface area contributed by atoms with Crippen molar-refractivity contribution in [2.45, 2.75) is 24.7 Å². The normalized spacial score (nSPS) is 32.9. The molecular formula is C9H10F2N2O4. The van der Waals surface area contributed by atoms with Crippen molar-refractivity contribution in [2.75, 3.05) is 6.61 Å². The zero-order chi connectivity index (χ0) is 12.6. The predicted octanol–water partition coefficient (Wildman–Crippen LogP) is -0.898. The number of hydrogen-bond acceptors (Lipinski definition) is 4. The molecule has 4 atom stereocenters. The average molecular weight is 248 g/mol. The van der Waals surface area contributed by atoms with E-state index in [0.717, 1.165) is 16.8 Å². The molecule has 6 nitrogen and oxygen atoms in total. The third kappa shape index (κ3) is 2.01. The Morgan fingerprint density at radius 1 is 1.41 bits per heavy atom. The van der Waals surface area contributed by atoms with Crippen LogP contribution in [0.5, 0.6) is 0 Å². The molecule has 0 bridgehead atoms. The number of hydrogen-bond donors (Lipinski definition) is 2. The van der Waals surface area contributed by atoms with Gasteiger partial charge in [0.15, 0.2) is 18.6 Å². The van der Waals surface area contributed by atoms with E-state index in [1.54, 1.807) is 0 Å². The van der Waals surface area contributed by atoms with E-state index in [9.17, 15) is 18.4 Å². The molecule has 0 amide bonds. The summed E-state index contributed by atoms with van der Waals surface area (Å²) in [5.74, 6) is 0. The van der Waals surface area contributed by atoms with Gasteiger partial charge in [-0.15, -0.1) is 0 Å². The molecule has 0 unspecified atom stereocenters. The topological polar surface area (TPSA) is 84.3 Å². The van der Waals surface area contributed by atoms with E-state index >= 15 is 0 Å². The van der Waals surface area contributed by atoms with Crippen molar-refractivity contribution in [3.63, 3.8) is 0 Å². The van der Waals surface area contributed by atoms with E-state index in [0.29, 0.717) is 0 Å². The molecule has 0 radical (unpaired) electrons. The van der Waals surface area contributed by atoms with Gasteiger partial charge in [0.2, 0.25) is 0 Å². The minimum absolute atomic E-state index is 0.643. The Bertz CT molecular complexity index is 514. The van der Waals surface area contributed by atoms with E-state index in [-0.39, 0.29) is 0 Å². The molecule has 17 heavy (non-hydrogen) atoms. The Morgan fingerprint density at radius 2 is 2.12 bits per heavy atom. The van der Waals surface area contributed by atoms with E-state index in [1.165, 1.54) is 0 Å². The zero-order valence-electron chi connectivity index (χ0n) is 8.55. The van der Waals surface area contributed by atoms with Crippen molar-refractivity contribution >= 4 is 0 Å². The lowest BCUT2D eigenvalue weighted by atomic mass is 10.2. The standard InChI is InChI=1S/C9H10F2N2O4/c10-6-4(3-14)17-8(7(6)11)13-2-1-5(15)12-9(13)16/h1-2,4,6-8,14H,3H2,(H,12,15,16)/t4-,6-,7+,8-/m0/s1. The van der Waals surface area contributed by atoms with Crippen molar-refractivity contribution in [1.82, 2.24) is 9.55 Å². The predicted molar refractivity (Wildman–Crippen MR) is 52.1 cm³/mol. The third-order valence-corrected chi connectivity index (χ3v) is 2.55. The van der Waals surface area contributed by atoms with Crippen LogP contribution < -0.4 is 11.2 Å². The number of aromatic nitrogens is 2. The molecule has 8 heteroatoms. The SMILES string of the molecule is O=c1ccn([C@H]2O[C@@H](CO)[C@H](F)[C@H]2F)c(=O)[nH]1. The number of aliphatic hydroxyl groups is 1. The summed E-state index contributed by atoms with van der Waals surface area (Å²) in [5.41, 5.74) is -1.54. The van der Waals surface area contributed by atoms with Gasteiger partial charge in [0, 0.05) is 12.3 Å². The molecular weight excluding hydrogens is 238 g/mol. The van der Waals surface area contributed by atoms with Gasteiger partial charge in [-0.1, -0.05) is 0 Å². The molecule has 1 aromatic rings. The summed E-state index contributed by atoms with van der Waals surface area (Å²) >= 11 is 0. The Labute approximate surface area is 93.5 Å². The van der Waals surface area contributed by atoms with E-state index < -0.39 is 42.5 Å². The van der Waals surface area contributed by atoms with Gasteiger partial charge < -0.3 is 9.84 Å². The van der Waals surface area contributed by atoms with Crippen LogP contribution in [0.15, 0.2) is 21.9 Å². The third-order valence-electron chi connectivity index (χ3n) is 2.55. The first kappa shape index (κ1) is 11.9. The lowest BCUT2D eigenvalue weighted by molar-refractivity contribution is -0.0437. The quantitative estimate of drug-likeness (QED) is 0.710. The number of nitrogens with one attached hydrogen (secondary N) is 1. The van der Waals surface area contributed by atoms with Crippen LogP contribution in [0.2, 0.25) is 0 Å². The minimum atomic E-state index is -2.07. The first-order valence-electron chi connectivity index (χ1n) is 4.90. The summed E-state index contributed by atoms with van der Waals surface area (Å²) in [4.78, 5) is 24.1. The zero-order valence-corrected chi connectivity index (χ0v) is 8.55. The highest BCUT2D eigenvalue weighted by atomic mass is 19.2.